The molecule has 0 bridgehead atoms. The number of benzene rings is 2. The normalized spacial score (nSPS) is 13.3. The summed E-state index contributed by atoms with van der Waals surface area (Å²) in [4.78, 5) is 25.8. The van der Waals surface area contributed by atoms with Crippen molar-refractivity contribution < 1.29 is 10.0 Å². The minimum atomic E-state index is -0.622. The standard InChI is InChI=1S/C23H21N5O2/c1-14-3-2-4-15(9-14)16-5-6-20-18(10-16)19-13-28(8-7-21(19)26-20)23-24-11-17(12-25-23)22(29)27-30/h2-6,9-12,26,30H,7-8,13H2,1H3,(H,27,29). The zero-order valence-corrected chi connectivity index (χ0v) is 16.5. The van der Waals surface area contributed by atoms with E-state index in [4.69, 9.17) is 5.21 Å². The van der Waals surface area contributed by atoms with Gasteiger partial charge in [0.25, 0.3) is 5.91 Å². The van der Waals surface area contributed by atoms with Gasteiger partial charge in [-0.25, -0.2) is 15.4 Å². The number of aryl methyl sites for hydroxylation is 1. The summed E-state index contributed by atoms with van der Waals surface area (Å²) >= 11 is 0. The molecule has 3 N–H and O–H groups in total. The molecule has 0 saturated heterocycles. The highest BCUT2D eigenvalue weighted by molar-refractivity contribution is 5.93. The van der Waals surface area contributed by atoms with Gasteiger partial charge in [-0.2, -0.15) is 0 Å². The van der Waals surface area contributed by atoms with Crippen molar-refractivity contribution in [2.75, 3.05) is 11.4 Å². The van der Waals surface area contributed by atoms with Crippen LogP contribution in [0, 0.1) is 6.92 Å². The highest BCUT2D eigenvalue weighted by Gasteiger charge is 2.23. The molecule has 0 atom stereocenters. The maximum Gasteiger partial charge on any atom is 0.277 e. The fourth-order valence-electron chi connectivity index (χ4n) is 4.06. The zero-order valence-electron chi connectivity index (χ0n) is 16.5. The van der Waals surface area contributed by atoms with E-state index in [2.05, 4.69) is 69.2 Å². The smallest absolute Gasteiger partial charge is 0.277 e. The lowest BCUT2D eigenvalue weighted by molar-refractivity contribution is 0.0705. The molecule has 2 aromatic carbocycles. The average molecular weight is 399 g/mol. The Morgan fingerprint density at radius 2 is 1.93 bits per heavy atom. The number of nitrogens with one attached hydrogen (secondary N) is 2. The molecule has 0 unspecified atom stereocenters. The zero-order chi connectivity index (χ0) is 20.7. The number of hydroxylamine groups is 1. The summed E-state index contributed by atoms with van der Waals surface area (Å²) in [5.41, 5.74) is 9.10. The summed E-state index contributed by atoms with van der Waals surface area (Å²) in [7, 11) is 0. The van der Waals surface area contributed by atoms with Gasteiger partial charge in [0.2, 0.25) is 5.95 Å². The second kappa shape index (κ2) is 7.27. The number of H-pyrrole nitrogens is 1. The summed E-state index contributed by atoms with van der Waals surface area (Å²) in [6.07, 6.45) is 3.72. The van der Waals surface area contributed by atoms with Crippen molar-refractivity contribution in [1.82, 2.24) is 20.4 Å². The van der Waals surface area contributed by atoms with Crippen molar-refractivity contribution in [2.45, 2.75) is 19.9 Å². The van der Waals surface area contributed by atoms with E-state index >= 15 is 0 Å². The van der Waals surface area contributed by atoms with E-state index in [0.717, 1.165) is 18.5 Å². The summed E-state index contributed by atoms with van der Waals surface area (Å²) in [6.45, 7) is 3.59. The number of fused-ring (bicyclic) bond motifs is 3. The summed E-state index contributed by atoms with van der Waals surface area (Å²) in [6, 6.07) is 15.1. The molecule has 150 valence electrons. The first-order chi connectivity index (χ1) is 14.6. The van der Waals surface area contributed by atoms with Gasteiger partial charge in [-0.05, 0) is 30.2 Å². The fourth-order valence-corrected chi connectivity index (χ4v) is 4.06. The number of anilines is 1. The van der Waals surface area contributed by atoms with E-state index in [1.165, 1.54) is 45.7 Å². The van der Waals surface area contributed by atoms with Gasteiger partial charge in [0.05, 0.1) is 5.56 Å². The predicted molar refractivity (Wildman–Crippen MR) is 115 cm³/mol. The van der Waals surface area contributed by atoms with Crippen LogP contribution in [0.5, 0.6) is 0 Å². The van der Waals surface area contributed by atoms with E-state index < -0.39 is 5.91 Å². The molecular formula is C23H21N5O2. The molecule has 7 nitrogen and oxygen atoms in total. The monoisotopic (exact) mass is 399 g/mol. The Hall–Kier alpha value is -3.71. The molecule has 3 heterocycles. The van der Waals surface area contributed by atoms with Crippen molar-refractivity contribution in [2.24, 2.45) is 0 Å². The molecule has 0 fully saturated rings. The SMILES string of the molecule is Cc1cccc(-c2ccc3[nH]c4c(c3c2)CN(c2ncc(C(=O)NO)cn2)CC4)c1. The molecule has 0 radical (unpaired) electrons. The second-order valence-electron chi connectivity index (χ2n) is 7.60. The van der Waals surface area contributed by atoms with Gasteiger partial charge in [0.1, 0.15) is 0 Å². The lowest BCUT2D eigenvalue weighted by atomic mass is 9.99. The third-order valence-electron chi connectivity index (χ3n) is 5.61. The molecule has 0 saturated carbocycles. The molecule has 7 heteroatoms. The van der Waals surface area contributed by atoms with E-state index in [-0.39, 0.29) is 5.56 Å². The molecule has 1 aliphatic heterocycles. The number of carbonyl (C=O) groups excluding carboxylic acids is 1. The Balaban J connectivity index is 1.48. The largest absolute Gasteiger partial charge is 0.358 e. The third kappa shape index (κ3) is 3.19. The third-order valence-corrected chi connectivity index (χ3v) is 5.61. The lowest BCUT2D eigenvalue weighted by Crippen LogP contribution is -2.31. The van der Waals surface area contributed by atoms with Crippen LogP contribution in [0.2, 0.25) is 0 Å². The van der Waals surface area contributed by atoms with E-state index in [1.54, 1.807) is 5.48 Å². The molecule has 0 aliphatic carbocycles. The Kier molecular flexibility index (Phi) is 4.44. The van der Waals surface area contributed by atoms with Gasteiger partial charge in [-0.3, -0.25) is 10.0 Å². The highest BCUT2D eigenvalue weighted by atomic mass is 16.5. The van der Waals surface area contributed by atoms with Crippen molar-refractivity contribution >= 4 is 22.8 Å². The first kappa shape index (κ1) is 18.3. The van der Waals surface area contributed by atoms with Crippen molar-refractivity contribution in [3.63, 3.8) is 0 Å². The summed E-state index contributed by atoms with van der Waals surface area (Å²) < 4.78 is 0. The Morgan fingerprint density at radius 1 is 1.13 bits per heavy atom. The fraction of sp³-hybridized carbons (Fsp3) is 0.174. The van der Waals surface area contributed by atoms with Gasteiger partial charge >= 0.3 is 0 Å². The van der Waals surface area contributed by atoms with Crippen molar-refractivity contribution in [1.29, 1.82) is 0 Å². The Morgan fingerprint density at radius 3 is 2.70 bits per heavy atom. The number of carbonyl (C=O) groups is 1. The van der Waals surface area contributed by atoms with Crippen LogP contribution in [0.3, 0.4) is 0 Å². The van der Waals surface area contributed by atoms with Crippen LogP contribution in [0.25, 0.3) is 22.0 Å². The van der Waals surface area contributed by atoms with Crippen LogP contribution < -0.4 is 10.4 Å². The summed E-state index contributed by atoms with van der Waals surface area (Å²) in [5, 5.41) is 9.96. The van der Waals surface area contributed by atoms with Gasteiger partial charge in [-0.1, -0.05) is 35.9 Å². The van der Waals surface area contributed by atoms with E-state index in [1.807, 2.05) is 0 Å². The minimum absolute atomic E-state index is 0.217. The first-order valence-corrected chi connectivity index (χ1v) is 9.84. The average Bonchev–Trinajstić information content (AvgIpc) is 3.16. The van der Waals surface area contributed by atoms with Gasteiger partial charge < -0.3 is 9.88 Å². The Bertz CT molecular complexity index is 1250. The Labute approximate surface area is 173 Å². The van der Waals surface area contributed by atoms with Gasteiger partial charge in [-0.15, -0.1) is 0 Å². The molecule has 1 aliphatic rings. The number of rotatable bonds is 3. The van der Waals surface area contributed by atoms with Crippen LogP contribution in [-0.2, 0) is 13.0 Å². The highest BCUT2D eigenvalue weighted by Crippen LogP contribution is 2.32. The molecule has 4 aromatic rings. The van der Waals surface area contributed by atoms with Crippen LogP contribution in [0.15, 0.2) is 54.9 Å². The molecule has 0 spiro atoms. The number of aromatic nitrogens is 3. The maximum atomic E-state index is 11.5. The molecule has 2 aromatic heterocycles. The number of hydrogen-bond donors (Lipinski definition) is 3. The minimum Gasteiger partial charge on any atom is -0.358 e. The number of amides is 1. The first-order valence-electron chi connectivity index (χ1n) is 9.84. The quantitative estimate of drug-likeness (QED) is 0.361. The predicted octanol–water partition coefficient (Wildman–Crippen LogP) is 3.62. The lowest BCUT2D eigenvalue weighted by Gasteiger charge is -2.27. The topological polar surface area (TPSA) is 94.1 Å². The van der Waals surface area contributed by atoms with E-state index in [0.29, 0.717) is 12.5 Å². The van der Waals surface area contributed by atoms with Crippen LogP contribution in [0.4, 0.5) is 5.95 Å². The van der Waals surface area contributed by atoms with E-state index in [9.17, 15) is 4.79 Å². The van der Waals surface area contributed by atoms with Crippen LogP contribution in [-0.4, -0.2) is 32.6 Å². The van der Waals surface area contributed by atoms with Gasteiger partial charge in [0, 0.05) is 54.1 Å². The van der Waals surface area contributed by atoms with Crippen molar-refractivity contribution in [3.8, 4) is 11.1 Å². The van der Waals surface area contributed by atoms with Gasteiger partial charge in [0.15, 0.2) is 0 Å². The number of nitrogens with zero attached hydrogens (tertiary/aromatic N) is 3. The molecule has 5 rings (SSSR count). The van der Waals surface area contributed by atoms with Crippen LogP contribution >= 0.6 is 0 Å². The van der Waals surface area contributed by atoms with Crippen LogP contribution in [0.1, 0.15) is 27.2 Å². The summed E-state index contributed by atoms with van der Waals surface area (Å²) in [5.74, 6) is -0.0536. The number of hydrogen-bond acceptors (Lipinski definition) is 5. The molecular weight excluding hydrogens is 378 g/mol. The number of aromatic amines is 1. The maximum absolute atomic E-state index is 11.5. The second-order valence-corrected chi connectivity index (χ2v) is 7.60. The molecule has 1 amide bonds. The molecule has 30 heavy (non-hydrogen) atoms. The van der Waals surface area contributed by atoms with Crippen molar-refractivity contribution in [3.05, 3.63) is 77.2 Å².